The minimum absolute atomic E-state index is 0.221. The van der Waals surface area contributed by atoms with Gasteiger partial charge in [0.05, 0.1) is 18.4 Å². The molecule has 0 spiro atoms. The van der Waals surface area contributed by atoms with E-state index in [-0.39, 0.29) is 5.82 Å². The molecule has 1 heterocycles. The molecule has 0 aliphatic carbocycles. The zero-order valence-electron chi connectivity index (χ0n) is 9.37. The molecule has 2 aromatic rings. The highest BCUT2D eigenvalue weighted by Crippen LogP contribution is 2.19. The van der Waals surface area contributed by atoms with Gasteiger partial charge in [0.15, 0.2) is 0 Å². The second kappa shape index (κ2) is 4.45. The first kappa shape index (κ1) is 10.8. The summed E-state index contributed by atoms with van der Waals surface area (Å²) in [5, 5.41) is 3.06. The van der Waals surface area contributed by atoms with Crippen LogP contribution in [0.15, 0.2) is 30.5 Å². The Hall–Kier alpha value is -1.68. The Morgan fingerprint density at radius 3 is 2.62 bits per heavy atom. The smallest absolute Gasteiger partial charge is 0.123 e. The van der Waals surface area contributed by atoms with Crippen molar-refractivity contribution in [3.05, 3.63) is 42.1 Å². The fraction of sp³-hybridized carbons (Fsp3) is 0.250. The minimum Gasteiger partial charge on any atom is -0.330 e. The van der Waals surface area contributed by atoms with Crippen molar-refractivity contribution in [2.75, 3.05) is 7.05 Å². The number of benzene rings is 1. The monoisotopic (exact) mass is 219 g/mol. The maximum atomic E-state index is 12.8. The molecule has 0 aliphatic rings. The lowest BCUT2D eigenvalue weighted by Crippen LogP contribution is -2.10. The average molecular weight is 219 g/mol. The van der Waals surface area contributed by atoms with Gasteiger partial charge in [-0.3, -0.25) is 0 Å². The van der Waals surface area contributed by atoms with E-state index in [1.165, 1.54) is 12.1 Å². The minimum atomic E-state index is -0.221. The summed E-state index contributed by atoms with van der Waals surface area (Å²) < 4.78 is 14.8. The van der Waals surface area contributed by atoms with E-state index < -0.39 is 0 Å². The molecule has 0 aliphatic heterocycles. The number of nitrogens with one attached hydrogen (secondary N) is 1. The summed E-state index contributed by atoms with van der Waals surface area (Å²) in [6.45, 7) is 0.720. The van der Waals surface area contributed by atoms with Crippen LogP contribution < -0.4 is 5.32 Å². The largest absolute Gasteiger partial charge is 0.330 e. The molecule has 0 saturated carbocycles. The van der Waals surface area contributed by atoms with Crippen LogP contribution in [0.3, 0.4) is 0 Å². The van der Waals surface area contributed by atoms with Crippen LogP contribution in [0.4, 0.5) is 4.39 Å². The highest BCUT2D eigenvalue weighted by atomic mass is 19.1. The first-order chi connectivity index (χ1) is 7.72. The summed E-state index contributed by atoms with van der Waals surface area (Å²) >= 11 is 0. The molecular weight excluding hydrogens is 205 g/mol. The molecule has 84 valence electrons. The van der Waals surface area contributed by atoms with Crippen molar-refractivity contribution in [1.82, 2.24) is 14.9 Å². The first-order valence-corrected chi connectivity index (χ1v) is 5.13. The quantitative estimate of drug-likeness (QED) is 0.855. The molecule has 0 atom stereocenters. The standard InChI is InChI=1S/C12H14FN3/c1-14-8-12-15-7-11(16(12)2)9-3-5-10(13)6-4-9/h3-7,14H,8H2,1-2H3. The predicted molar refractivity (Wildman–Crippen MR) is 61.4 cm³/mol. The van der Waals surface area contributed by atoms with E-state index in [0.29, 0.717) is 0 Å². The van der Waals surface area contributed by atoms with Crippen LogP contribution in [0.1, 0.15) is 5.82 Å². The average Bonchev–Trinajstić information content (AvgIpc) is 2.63. The van der Waals surface area contributed by atoms with Gasteiger partial charge in [0.2, 0.25) is 0 Å². The number of rotatable bonds is 3. The third-order valence-electron chi connectivity index (χ3n) is 2.56. The van der Waals surface area contributed by atoms with Gasteiger partial charge in [-0.25, -0.2) is 9.37 Å². The highest BCUT2D eigenvalue weighted by molar-refractivity contribution is 5.59. The van der Waals surface area contributed by atoms with Gasteiger partial charge in [-0.2, -0.15) is 0 Å². The van der Waals surface area contributed by atoms with Gasteiger partial charge in [-0.1, -0.05) is 0 Å². The molecular formula is C12H14FN3. The molecule has 0 radical (unpaired) electrons. The molecule has 1 N–H and O–H groups in total. The molecule has 0 fully saturated rings. The first-order valence-electron chi connectivity index (χ1n) is 5.13. The van der Waals surface area contributed by atoms with Gasteiger partial charge in [0.25, 0.3) is 0 Å². The molecule has 0 saturated heterocycles. The van der Waals surface area contributed by atoms with Crippen molar-refractivity contribution in [3.63, 3.8) is 0 Å². The van der Waals surface area contributed by atoms with Crippen LogP contribution in [0.5, 0.6) is 0 Å². The number of imidazole rings is 1. The Morgan fingerprint density at radius 1 is 1.31 bits per heavy atom. The molecule has 0 amide bonds. The van der Waals surface area contributed by atoms with Crippen molar-refractivity contribution in [3.8, 4) is 11.3 Å². The van der Waals surface area contributed by atoms with Crippen molar-refractivity contribution < 1.29 is 4.39 Å². The molecule has 1 aromatic carbocycles. The summed E-state index contributed by atoms with van der Waals surface area (Å²) in [6, 6.07) is 6.44. The Labute approximate surface area is 93.9 Å². The number of nitrogens with zero attached hydrogens (tertiary/aromatic N) is 2. The molecule has 16 heavy (non-hydrogen) atoms. The Morgan fingerprint density at radius 2 is 2.00 bits per heavy atom. The van der Waals surface area contributed by atoms with Crippen molar-refractivity contribution in [1.29, 1.82) is 0 Å². The van der Waals surface area contributed by atoms with Gasteiger partial charge >= 0.3 is 0 Å². The van der Waals surface area contributed by atoms with Crippen LogP contribution in [-0.4, -0.2) is 16.6 Å². The van der Waals surface area contributed by atoms with E-state index >= 15 is 0 Å². The summed E-state index contributed by atoms with van der Waals surface area (Å²) in [4.78, 5) is 4.31. The van der Waals surface area contributed by atoms with E-state index in [1.807, 2.05) is 18.7 Å². The second-order valence-corrected chi connectivity index (χ2v) is 3.66. The van der Waals surface area contributed by atoms with E-state index in [9.17, 15) is 4.39 Å². The van der Waals surface area contributed by atoms with Crippen LogP contribution in [-0.2, 0) is 13.6 Å². The van der Waals surface area contributed by atoms with E-state index in [2.05, 4.69) is 10.3 Å². The van der Waals surface area contributed by atoms with E-state index in [1.54, 1.807) is 18.3 Å². The van der Waals surface area contributed by atoms with Gasteiger partial charge < -0.3 is 9.88 Å². The molecule has 3 nitrogen and oxygen atoms in total. The van der Waals surface area contributed by atoms with Gasteiger partial charge in [0, 0.05) is 7.05 Å². The summed E-state index contributed by atoms with van der Waals surface area (Å²) in [5.74, 6) is 0.739. The zero-order valence-corrected chi connectivity index (χ0v) is 9.37. The van der Waals surface area contributed by atoms with E-state index in [4.69, 9.17) is 0 Å². The SMILES string of the molecule is CNCc1ncc(-c2ccc(F)cc2)n1C. The van der Waals surface area contributed by atoms with Gasteiger partial charge in [-0.05, 0) is 36.9 Å². The maximum absolute atomic E-state index is 12.8. The highest BCUT2D eigenvalue weighted by Gasteiger charge is 2.07. The third-order valence-corrected chi connectivity index (χ3v) is 2.56. The van der Waals surface area contributed by atoms with Crippen LogP contribution in [0.2, 0.25) is 0 Å². The molecule has 0 unspecified atom stereocenters. The lowest BCUT2D eigenvalue weighted by molar-refractivity contribution is 0.628. The van der Waals surface area contributed by atoms with Gasteiger partial charge in [0.1, 0.15) is 11.6 Å². The zero-order chi connectivity index (χ0) is 11.5. The topological polar surface area (TPSA) is 29.9 Å². The second-order valence-electron chi connectivity index (χ2n) is 3.66. The Kier molecular flexibility index (Phi) is 3.01. The Balaban J connectivity index is 2.37. The lowest BCUT2D eigenvalue weighted by atomic mass is 10.2. The van der Waals surface area contributed by atoms with Crippen LogP contribution in [0, 0.1) is 5.82 Å². The molecule has 0 bridgehead atoms. The third kappa shape index (κ3) is 1.97. The normalized spacial score (nSPS) is 10.7. The summed E-state index contributed by atoms with van der Waals surface area (Å²) in [7, 11) is 3.84. The predicted octanol–water partition coefficient (Wildman–Crippen LogP) is 1.95. The fourth-order valence-electron chi connectivity index (χ4n) is 1.66. The Bertz CT molecular complexity index is 474. The summed E-state index contributed by atoms with van der Waals surface area (Å²) in [6.07, 6.45) is 1.81. The van der Waals surface area contributed by atoms with Gasteiger partial charge in [-0.15, -0.1) is 0 Å². The number of hydrogen-bond acceptors (Lipinski definition) is 2. The molecule has 2 rings (SSSR count). The summed E-state index contributed by atoms with van der Waals surface area (Å²) in [5.41, 5.74) is 1.96. The van der Waals surface area contributed by atoms with Crippen molar-refractivity contribution in [2.24, 2.45) is 7.05 Å². The van der Waals surface area contributed by atoms with Crippen molar-refractivity contribution in [2.45, 2.75) is 6.54 Å². The molecule has 1 aromatic heterocycles. The van der Waals surface area contributed by atoms with Crippen LogP contribution >= 0.6 is 0 Å². The van der Waals surface area contributed by atoms with Crippen LogP contribution in [0.25, 0.3) is 11.3 Å². The number of hydrogen-bond donors (Lipinski definition) is 1. The fourth-order valence-corrected chi connectivity index (χ4v) is 1.66. The lowest BCUT2D eigenvalue weighted by Gasteiger charge is -2.05. The number of halogens is 1. The maximum Gasteiger partial charge on any atom is 0.123 e. The van der Waals surface area contributed by atoms with Crippen molar-refractivity contribution >= 4 is 0 Å². The molecule has 4 heteroatoms. The number of aromatic nitrogens is 2. The van der Waals surface area contributed by atoms with E-state index in [0.717, 1.165) is 23.6 Å².